The number of hydrogen-bond donors (Lipinski definition) is 1. The molecule has 1 unspecified atom stereocenters. The molecule has 1 rings (SSSR count). The van der Waals surface area contributed by atoms with E-state index in [0.717, 1.165) is 5.02 Å². The second-order valence-corrected chi connectivity index (χ2v) is 4.45. The summed E-state index contributed by atoms with van der Waals surface area (Å²) in [4.78, 5) is 0. The van der Waals surface area contributed by atoms with E-state index in [0.29, 0.717) is 18.4 Å². The number of hydrogen-bond acceptors (Lipinski definition) is 1. The Bertz CT molecular complexity index is 307. The number of halogens is 1. The van der Waals surface area contributed by atoms with Crippen molar-refractivity contribution in [1.82, 2.24) is 0 Å². The Hall–Kier alpha value is -0.530. The van der Waals surface area contributed by atoms with Crippen LogP contribution >= 0.6 is 11.6 Å². The Morgan fingerprint density at radius 1 is 1.36 bits per heavy atom. The van der Waals surface area contributed by atoms with Crippen molar-refractivity contribution in [2.75, 3.05) is 6.54 Å². The van der Waals surface area contributed by atoms with Gasteiger partial charge in [-0.15, -0.1) is 0 Å². The molecule has 0 aliphatic rings. The minimum atomic E-state index is 0.411. The van der Waals surface area contributed by atoms with Gasteiger partial charge in [0.1, 0.15) is 0 Å². The summed E-state index contributed by atoms with van der Waals surface area (Å²) in [5.74, 6) is 0.964. The summed E-state index contributed by atoms with van der Waals surface area (Å²) >= 11 is 6.08. The molecule has 1 atom stereocenters. The molecule has 2 heteroatoms. The lowest BCUT2D eigenvalue weighted by Crippen LogP contribution is -2.18. The van der Waals surface area contributed by atoms with E-state index in [4.69, 9.17) is 17.3 Å². The number of rotatable bonds is 3. The van der Waals surface area contributed by atoms with E-state index in [-0.39, 0.29) is 0 Å². The van der Waals surface area contributed by atoms with Crippen molar-refractivity contribution in [2.45, 2.75) is 26.7 Å². The largest absolute Gasteiger partial charge is 0.330 e. The SMILES string of the molecule is Cc1c(Cl)cccc1C(CN)C(C)C. The number of nitrogens with two attached hydrogens (primary N) is 1. The topological polar surface area (TPSA) is 26.0 Å². The van der Waals surface area contributed by atoms with Crippen LogP contribution in [0.3, 0.4) is 0 Å². The second-order valence-electron chi connectivity index (χ2n) is 4.04. The Morgan fingerprint density at radius 3 is 2.50 bits per heavy atom. The summed E-state index contributed by atoms with van der Waals surface area (Å²) in [5, 5.41) is 0.835. The van der Waals surface area contributed by atoms with Crippen LogP contribution in [0.15, 0.2) is 18.2 Å². The highest BCUT2D eigenvalue weighted by atomic mass is 35.5. The van der Waals surface area contributed by atoms with Crippen LogP contribution in [-0.4, -0.2) is 6.54 Å². The molecule has 1 nitrogen and oxygen atoms in total. The van der Waals surface area contributed by atoms with Gasteiger partial charge in [-0.1, -0.05) is 37.6 Å². The second kappa shape index (κ2) is 4.81. The van der Waals surface area contributed by atoms with Crippen LogP contribution in [0.1, 0.15) is 30.9 Å². The lowest BCUT2D eigenvalue weighted by molar-refractivity contribution is 0.504. The van der Waals surface area contributed by atoms with Crippen LogP contribution in [0.25, 0.3) is 0 Å². The molecule has 0 amide bonds. The molecule has 0 radical (unpaired) electrons. The maximum atomic E-state index is 6.08. The fraction of sp³-hybridized carbons (Fsp3) is 0.500. The molecule has 0 saturated heterocycles. The van der Waals surface area contributed by atoms with Crippen molar-refractivity contribution >= 4 is 11.6 Å². The van der Waals surface area contributed by atoms with Crippen molar-refractivity contribution in [3.8, 4) is 0 Å². The van der Waals surface area contributed by atoms with Gasteiger partial charge in [0.25, 0.3) is 0 Å². The molecule has 14 heavy (non-hydrogen) atoms. The predicted molar refractivity (Wildman–Crippen MR) is 62.8 cm³/mol. The summed E-state index contributed by atoms with van der Waals surface area (Å²) in [6, 6.07) is 6.04. The van der Waals surface area contributed by atoms with Crippen LogP contribution in [0, 0.1) is 12.8 Å². The van der Waals surface area contributed by atoms with E-state index in [1.54, 1.807) is 0 Å². The molecular formula is C12H18ClN. The molecule has 0 spiro atoms. The van der Waals surface area contributed by atoms with Gasteiger partial charge in [-0.25, -0.2) is 0 Å². The smallest absolute Gasteiger partial charge is 0.0438 e. The first-order chi connectivity index (χ1) is 6.57. The standard InChI is InChI=1S/C12H18ClN/c1-8(2)11(7-14)10-5-4-6-12(13)9(10)3/h4-6,8,11H,7,14H2,1-3H3. The molecule has 78 valence electrons. The first kappa shape index (κ1) is 11.5. The molecule has 0 aromatic heterocycles. The van der Waals surface area contributed by atoms with Gasteiger partial charge in [-0.3, -0.25) is 0 Å². The summed E-state index contributed by atoms with van der Waals surface area (Å²) in [7, 11) is 0. The van der Waals surface area contributed by atoms with Gasteiger partial charge in [-0.05, 0) is 42.5 Å². The van der Waals surface area contributed by atoms with Gasteiger partial charge in [0.2, 0.25) is 0 Å². The van der Waals surface area contributed by atoms with Crippen LogP contribution in [0.2, 0.25) is 5.02 Å². The quantitative estimate of drug-likeness (QED) is 0.816. The molecule has 1 aromatic carbocycles. The minimum Gasteiger partial charge on any atom is -0.330 e. The van der Waals surface area contributed by atoms with Gasteiger partial charge in [0, 0.05) is 5.02 Å². The van der Waals surface area contributed by atoms with E-state index in [2.05, 4.69) is 26.8 Å². The maximum absolute atomic E-state index is 6.08. The van der Waals surface area contributed by atoms with Gasteiger partial charge >= 0.3 is 0 Å². The molecule has 0 saturated carbocycles. The minimum absolute atomic E-state index is 0.411. The summed E-state index contributed by atoms with van der Waals surface area (Å²) in [5.41, 5.74) is 8.23. The first-order valence-electron chi connectivity index (χ1n) is 5.03. The summed E-state index contributed by atoms with van der Waals surface area (Å²) < 4.78 is 0. The normalized spacial score (nSPS) is 13.3. The highest BCUT2D eigenvalue weighted by Crippen LogP contribution is 2.29. The highest BCUT2D eigenvalue weighted by Gasteiger charge is 2.16. The van der Waals surface area contributed by atoms with Gasteiger partial charge in [-0.2, -0.15) is 0 Å². The van der Waals surface area contributed by atoms with E-state index in [9.17, 15) is 0 Å². The molecular weight excluding hydrogens is 194 g/mol. The Kier molecular flexibility index (Phi) is 3.97. The molecule has 2 N–H and O–H groups in total. The fourth-order valence-electron chi connectivity index (χ4n) is 1.78. The van der Waals surface area contributed by atoms with E-state index < -0.39 is 0 Å². The van der Waals surface area contributed by atoms with Crippen LogP contribution < -0.4 is 5.73 Å². The van der Waals surface area contributed by atoms with Crippen molar-refractivity contribution < 1.29 is 0 Å². The van der Waals surface area contributed by atoms with Crippen molar-refractivity contribution in [3.05, 3.63) is 34.3 Å². The van der Waals surface area contributed by atoms with Crippen LogP contribution in [0.4, 0.5) is 0 Å². The zero-order valence-electron chi connectivity index (χ0n) is 9.05. The Labute approximate surface area is 91.3 Å². The average molecular weight is 212 g/mol. The van der Waals surface area contributed by atoms with Gasteiger partial charge in [0.05, 0.1) is 0 Å². The lowest BCUT2D eigenvalue weighted by Gasteiger charge is -2.21. The zero-order valence-corrected chi connectivity index (χ0v) is 9.81. The molecule has 0 aliphatic heterocycles. The van der Waals surface area contributed by atoms with Gasteiger partial charge < -0.3 is 5.73 Å². The summed E-state index contributed by atoms with van der Waals surface area (Å²) in [6.07, 6.45) is 0. The first-order valence-corrected chi connectivity index (χ1v) is 5.40. The van der Waals surface area contributed by atoms with Gasteiger partial charge in [0.15, 0.2) is 0 Å². The Balaban J connectivity index is 3.10. The van der Waals surface area contributed by atoms with E-state index in [1.165, 1.54) is 11.1 Å². The van der Waals surface area contributed by atoms with Crippen molar-refractivity contribution in [3.63, 3.8) is 0 Å². The summed E-state index contributed by atoms with van der Waals surface area (Å²) in [6.45, 7) is 7.12. The maximum Gasteiger partial charge on any atom is 0.0438 e. The predicted octanol–water partition coefficient (Wildman–Crippen LogP) is 3.35. The van der Waals surface area contributed by atoms with Crippen molar-refractivity contribution in [1.29, 1.82) is 0 Å². The van der Waals surface area contributed by atoms with E-state index >= 15 is 0 Å². The molecule has 0 bridgehead atoms. The monoisotopic (exact) mass is 211 g/mol. The molecule has 0 fully saturated rings. The van der Waals surface area contributed by atoms with Crippen molar-refractivity contribution in [2.24, 2.45) is 11.7 Å². The molecule has 0 aliphatic carbocycles. The fourth-order valence-corrected chi connectivity index (χ4v) is 1.97. The molecule has 1 aromatic rings. The Morgan fingerprint density at radius 2 is 2.00 bits per heavy atom. The third-order valence-corrected chi connectivity index (χ3v) is 3.18. The number of benzene rings is 1. The third kappa shape index (κ3) is 2.28. The van der Waals surface area contributed by atoms with Crippen LogP contribution in [-0.2, 0) is 0 Å². The molecule has 0 heterocycles. The zero-order chi connectivity index (χ0) is 10.7. The average Bonchev–Trinajstić information content (AvgIpc) is 2.13. The lowest BCUT2D eigenvalue weighted by atomic mass is 9.86. The highest BCUT2D eigenvalue weighted by molar-refractivity contribution is 6.31. The van der Waals surface area contributed by atoms with Crippen LogP contribution in [0.5, 0.6) is 0 Å². The third-order valence-electron chi connectivity index (χ3n) is 2.77. The van der Waals surface area contributed by atoms with E-state index in [1.807, 2.05) is 12.1 Å².